The molecular formula is C92H163NO8. The number of carboxylic acid groups (broad SMARTS) is 1. The highest BCUT2D eigenvalue weighted by atomic mass is 16.7. The molecule has 0 heterocycles. The number of allylic oxidation sites excluding steroid dienone is 18. The average Bonchev–Trinajstić information content (AvgIpc) is 1.21. The number of carboxylic acids is 1. The lowest BCUT2D eigenvalue weighted by Crippen LogP contribution is -2.44. The van der Waals surface area contributed by atoms with Crippen LogP contribution in [0.15, 0.2) is 109 Å². The predicted octanol–water partition coefficient (Wildman–Crippen LogP) is 26.7. The van der Waals surface area contributed by atoms with Crippen LogP contribution < -0.4 is 5.11 Å². The number of esters is 2. The SMILES string of the molecule is CC/C=C\C/C=C\C/C=C\C/C=C\C/C=C\C/C=C\C/C=C\C/C=C\CCCCCCCCCCCCCCCCCCC(=O)OC(COC(=O)CCCCCCCCCCCCCCCCCCCCCCCCC/C=C\CCCCCCCCCC)COC(OCC[N+](C)(C)C)C(=O)[O-]. The van der Waals surface area contributed by atoms with Crippen molar-refractivity contribution in [2.24, 2.45) is 0 Å². The summed E-state index contributed by atoms with van der Waals surface area (Å²) in [5.74, 6) is -2.26. The number of unbranched alkanes of at least 4 members (excludes halogenated alkanes) is 47. The number of carbonyl (C=O) groups is 3. The zero-order valence-electron chi connectivity index (χ0n) is 67.0. The van der Waals surface area contributed by atoms with E-state index in [1.54, 1.807) is 0 Å². The van der Waals surface area contributed by atoms with E-state index < -0.39 is 24.3 Å². The van der Waals surface area contributed by atoms with Gasteiger partial charge in [0.2, 0.25) is 0 Å². The number of aliphatic carboxylic acids is 1. The summed E-state index contributed by atoms with van der Waals surface area (Å²) in [6, 6.07) is 0. The molecule has 0 aliphatic carbocycles. The molecule has 9 heteroatoms. The van der Waals surface area contributed by atoms with Crippen molar-refractivity contribution in [2.75, 3.05) is 47.5 Å². The van der Waals surface area contributed by atoms with E-state index in [0.717, 1.165) is 89.9 Å². The van der Waals surface area contributed by atoms with Crippen LogP contribution in [0, 0.1) is 0 Å². The molecule has 0 saturated carbocycles. The van der Waals surface area contributed by atoms with Crippen LogP contribution in [0.25, 0.3) is 0 Å². The van der Waals surface area contributed by atoms with Crippen molar-refractivity contribution in [2.45, 2.75) is 411 Å². The third-order valence-electron chi connectivity index (χ3n) is 19.0. The Hall–Kier alpha value is -4.05. The summed E-state index contributed by atoms with van der Waals surface area (Å²) in [6.07, 6.45) is 112. The van der Waals surface area contributed by atoms with Gasteiger partial charge in [0.15, 0.2) is 12.4 Å². The van der Waals surface area contributed by atoms with Crippen LogP contribution in [0.3, 0.4) is 0 Å². The number of hydrogen-bond donors (Lipinski definition) is 0. The second-order valence-corrected chi connectivity index (χ2v) is 30.1. The molecule has 0 aliphatic heterocycles. The molecule has 0 amide bonds. The van der Waals surface area contributed by atoms with Crippen LogP contribution in [-0.4, -0.2) is 82.3 Å². The van der Waals surface area contributed by atoms with Crippen molar-refractivity contribution in [1.82, 2.24) is 0 Å². The fraction of sp³-hybridized carbons (Fsp3) is 0.772. The number of hydrogen-bond acceptors (Lipinski definition) is 8. The maximum absolute atomic E-state index is 13.0. The predicted molar refractivity (Wildman–Crippen MR) is 435 cm³/mol. The molecule has 0 fully saturated rings. The van der Waals surface area contributed by atoms with Gasteiger partial charge in [0.25, 0.3) is 0 Å². The first kappa shape index (κ1) is 97.0. The lowest BCUT2D eigenvalue weighted by atomic mass is 10.0. The third kappa shape index (κ3) is 83.1. The molecular weight excluding hydrogens is 1250 g/mol. The van der Waals surface area contributed by atoms with Gasteiger partial charge < -0.3 is 33.3 Å². The summed E-state index contributed by atoms with van der Waals surface area (Å²) in [4.78, 5) is 37.7. The minimum atomic E-state index is -1.62. The molecule has 0 aromatic carbocycles. The third-order valence-corrected chi connectivity index (χ3v) is 19.0. The molecule has 0 aliphatic rings. The monoisotopic (exact) mass is 1410 g/mol. The smallest absolute Gasteiger partial charge is 0.306 e. The van der Waals surface area contributed by atoms with E-state index in [2.05, 4.69) is 123 Å². The number of ether oxygens (including phenoxy) is 4. The largest absolute Gasteiger partial charge is 0.545 e. The summed E-state index contributed by atoms with van der Waals surface area (Å²) in [6.45, 7) is 4.69. The van der Waals surface area contributed by atoms with E-state index in [4.69, 9.17) is 18.9 Å². The number of carbonyl (C=O) groups excluding carboxylic acids is 3. The quantitative estimate of drug-likeness (QED) is 0.0195. The van der Waals surface area contributed by atoms with Crippen molar-refractivity contribution >= 4 is 17.9 Å². The fourth-order valence-electron chi connectivity index (χ4n) is 12.5. The minimum absolute atomic E-state index is 0.147. The number of nitrogens with zero attached hydrogens (tertiary/aromatic N) is 1. The lowest BCUT2D eigenvalue weighted by Gasteiger charge is -2.26. The van der Waals surface area contributed by atoms with Gasteiger partial charge in [0.1, 0.15) is 13.2 Å². The number of quaternary nitrogens is 1. The van der Waals surface area contributed by atoms with E-state index >= 15 is 0 Å². The van der Waals surface area contributed by atoms with E-state index in [0.29, 0.717) is 23.9 Å². The van der Waals surface area contributed by atoms with E-state index in [1.807, 2.05) is 21.1 Å². The standard InChI is InChI=1S/C92H163NO8/c1-6-8-10-12-14-16-18-20-22-24-26-28-30-32-34-36-38-40-42-43-44-45-46-47-49-51-53-55-57-59-61-63-65-67-69-71-73-75-77-79-81-83-90(95)101-88(87-100-92(91(96)97)98-85-84-93(3,4)5)86-99-89(94)82-80-78-76-74-72-70-68-66-64-62-60-58-56-54-52-50-48-41-39-37-35-33-31-29-27-25-23-21-19-17-15-13-11-9-7-2/h8,10,14,16,20,22,25-28,32,34,38,40,43-44,46-47,88,92H,6-7,9,11-13,15,17-19,21,23-24,29-31,33,35-37,39,41-42,45,48-87H2,1-5H3/b10-8-,16-14-,22-20-,27-25-,28-26-,34-32-,40-38-,44-43-,47-46-. The van der Waals surface area contributed by atoms with Gasteiger partial charge in [-0.05, 0) is 103 Å². The summed E-state index contributed by atoms with van der Waals surface area (Å²) < 4.78 is 22.9. The minimum Gasteiger partial charge on any atom is -0.545 e. The Morgan fingerprint density at radius 2 is 0.564 bits per heavy atom. The summed E-state index contributed by atoms with van der Waals surface area (Å²) in [5.41, 5.74) is 0. The van der Waals surface area contributed by atoms with Crippen molar-refractivity contribution in [1.29, 1.82) is 0 Å². The highest BCUT2D eigenvalue weighted by molar-refractivity contribution is 5.70. The van der Waals surface area contributed by atoms with E-state index in [-0.39, 0.29) is 32.2 Å². The molecule has 9 nitrogen and oxygen atoms in total. The molecule has 0 aromatic rings. The molecule has 584 valence electrons. The molecule has 101 heavy (non-hydrogen) atoms. The van der Waals surface area contributed by atoms with E-state index in [9.17, 15) is 19.5 Å². The van der Waals surface area contributed by atoms with Gasteiger partial charge in [-0.1, -0.05) is 393 Å². The first-order chi connectivity index (χ1) is 49.6. The van der Waals surface area contributed by atoms with Gasteiger partial charge in [-0.3, -0.25) is 9.59 Å². The van der Waals surface area contributed by atoms with Crippen LogP contribution >= 0.6 is 0 Å². The van der Waals surface area contributed by atoms with Gasteiger partial charge in [-0.25, -0.2) is 0 Å². The molecule has 0 radical (unpaired) electrons. The summed E-state index contributed by atoms with van der Waals surface area (Å²) in [7, 11) is 5.95. The topological polar surface area (TPSA) is 111 Å². The molecule has 0 rings (SSSR count). The zero-order chi connectivity index (χ0) is 73.2. The molecule has 2 atom stereocenters. The van der Waals surface area contributed by atoms with Crippen LogP contribution in [0.1, 0.15) is 399 Å². The van der Waals surface area contributed by atoms with Gasteiger partial charge in [0, 0.05) is 12.8 Å². The zero-order valence-corrected chi connectivity index (χ0v) is 67.0. The molecule has 0 spiro atoms. The maximum Gasteiger partial charge on any atom is 0.306 e. The number of rotatable bonds is 80. The molecule has 0 saturated heterocycles. The summed E-state index contributed by atoms with van der Waals surface area (Å²) >= 11 is 0. The maximum atomic E-state index is 13.0. The second kappa shape index (κ2) is 81.6. The average molecular weight is 1410 g/mol. The van der Waals surface area contributed by atoms with Crippen molar-refractivity contribution < 1.29 is 42.9 Å². The Balaban J connectivity index is 3.98. The van der Waals surface area contributed by atoms with E-state index in [1.165, 1.54) is 276 Å². The molecule has 2 unspecified atom stereocenters. The molecule has 0 aromatic heterocycles. The van der Waals surface area contributed by atoms with Gasteiger partial charge >= 0.3 is 11.9 Å². The van der Waals surface area contributed by atoms with Gasteiger partial charge in [-0.2, -0.15) is 0 Å². The summed E-state index contributed by atoms with van der Waals surface area (Å²) in [5, 5.41) is 11.9. The van der Waals surface area contributed by atoms with Crippen LogP contribution in [0.5, 0.6) is 0 Å². The second-order valence-electron chi connectivity index (χ2n) is 30.1. The van der Waals surface area contributed by atoms with Crippen molar-refractivity contribution in [3.8, 4) is 0 Å². The van der Waals surface area contributed by atoms with Gasteiger partial charge in [-0.15, -0.1) is 0 Å². The fourth-order valence-corrected chi connectivity index (χ4v) is 12.5. The van der Waals surface area contributed by atoms with Crippen molar-refractivity contribution in [3.05, 3.63) is 109 Å². The Morgan fingerprint density at radius 3 is 0.851 bits per heavy atom. The van der Waals surface area contributed by atoms with Crippen LogP contribution in [0.4, 0.5) is 0 Å². The first-order valence-corrected chi connectivity index (χ1v) is 43.0. The molecule has 0 bridgehead atoms. The Morgan fingerprint density at radius 1 is 0.307 bits per heavy atom. The lowest BCUT2D eigenvalue weighted by molar-refractivity contribution is -0.870. The Kier molecular flexibility index (Phi) is 78.3. The highest BCUT2D eigenvalue weighted by Gasteiger charge is 2.22. The van der Waals surface area contributed by atoms with Crippen molar-refractivity contribution in [3.63, 3.8) is 0 Å². The number of likely N-dealkylation sites (N-methyl/N-ethyl adjacent to an activating group) is 1. The molecule has 0 N–H and O–H groups in total. The Bertz CT molecular complexity index is 2040. The Labute approximate surface area is 625 Å². The highest BCUT2D eigenvalue weighted by Crippen LogP contribution is 2.20. The first-order valence-electron chi connectivity index (χ1n) is 43.0. The normalized spacial score (nSPS) is 13.2. The van der Waals surface area contributed by atoms with Crippen LogP contribution in [0.2, 0.25) is 0 Å². The van der Waals surface area contributed by atoms with Gasteiger partial charge in [0.05, 0.1) is 40.3 Å². The van der Waals surface area contributed by atoms with Crippen LogP contribution in [-0.2, 0) is 33.3 Å².